The molecule has 2 nitrogen and oxygen atoms in total. The first-order valence-electron chi connectivity index (χ1n) is 4.14. The Hall–Kier alpha value is -1.05. The highest BCUT2D eigenvalue weighted by Crippen LogP contribution is 2.01. The second kappa shape index (κ2) is 6.65. The first kappa shape index (κ1) is 11.0. The smallest absolute Gasteiger partial charge is 0.309 e. The van der Waals surface area contributed by atoms with Gasteiger partial charge in [-0.2, -0.15) is 0 Å². The highest BCUT2D eigenvalue weighted by atomic mass is 16.5. The predicted octanol–water partition coefficient (Wildman–Crippen LogP) is 2.46. The summed E-state index contributed by atoms with van der Waals surface area (Å²) in [6, 6.07) is 0. The van der Waals surface area contributed by atoms with Crippen LogP contribution in [0.3, 0.4) is 0 Å². The SMILES string of the molecule is C/C=C/C=C(\C)CC(=O)OCC. The highest BCUT2D eigenvalue weighted by Gasteiger charge is 2.00. The molecular formula is C10H16O2. The van der Waals surface area contributed by atoms with Crippen LogP contribution in [0.1, 0.15) is 27.2 Å². The molecule has 0 aliphatic heterocycles. The Morgan fingerprint density at radius 2 is 2.17 bits per heavy atom. The molecule has 12 heavy (non-hydrogen) atoms. The molecule has 0 saturated carbocycles. The van der Waals surface area contributed by atoms with E-state index in [2.05, 4.69) is 0 Å². The number of carbonyl (C=O) groups is 1. The standard InChI is InChI=1S/C10H16O2/c1-4-6-7-9(3)8-10(11)12-5-2/h4,6-7H,5,8H2,1-3H3/b6-4+,9-7+. The summed E-state index contributed by atoms with van der Waals surface area (Å²) < 4.78 is 4.79. The minimum atomic E-state index is -0.157. The van der Waals surface area contributed by atoms with Gasteiger partial charge >= 0.3 is 5.97 Å². The summed E-state index contributed by atoms with van der Waals surface area (Å²) in [5, 5.41) is 0. The van der Waals surface area contributed by atoms with Crippen LogP contribution in [0.15, 0.2) is 23.8 Å². The van der Waals surface area contributed by atoms with E-state index in [1.54, 1.807) is 0 Å². The van der Waals surface area contributed by atoms with Gasteiger partial charge in [-0.1, -0.05) is 23.8 Å². The normalized spacial score (nSPS) is 12.1. The Bertz CT molecular complexity index is 190. The Morgan fingerprint density at radius 1 is 1.50 bits per heavy atom. The fourth-order valence-corrected chi connectivity index (χ4v) is 0.759. The summed E-state index contributed by atoms with van der Waals surface area (Å²) in [6.45, 7) is 6.11. The monoisotopic (exact) mass is 168 g/mol. The Balaban J connectivity index is 3.82. The van der Waals surface area contributed by atoms with Gasteiger partial charge in [0.2, 0.25) is 0 Å². The molecule has 0 fully saturated rings. The third kappa shape index (κ3) is 5.71. The zero-order chi connectivity index (χ0) is 9.40. The van der Waals surface area contributed by atoms with Crippen LogP contribution in [0.2, 0.25) is 0 Å². The van der Waals surface area contributed by atoms with E-state index < -0.39 is 0 Å². The number of hydrogen-bond donors (Lipinski definition) is 0. The number of esters is 1. The molecule has 0 aromatic carbocycles. The van der Waals surface area contributed by atoms with Gasteiger partial charge in [-0.05, 0) is 20.8 Å². The highest BCUT2D eigenvalue weighted by molar-refractivity contribution is 5.72. The lowest BCUT2D eigenvalue weighted by atomic mass is 10.2. The zero-order valence-electron chi connectivity index (χ0n) is 7.96. The van der Waals surface area contributed by atoms with Crippen LogP contribution in [0, 0.1) is 0 Å². The van der Waals surface area contributed by atoms with E-state index in [1.165, 1.54) is 0 Å². The molecule has 0 rings (SSSR count). The molecule has 0 atom stereocenters. The molecule has 2 heteroatoms. The van der Waals surface area contributed by atoms with Crippen molar-refractivity contribution in [1.29, 1.82) is 0 Å². The molecule has 0 radical (unpaired) electrons. The average Bonchev–Trinajstić information content (AvgIpc) is 2.01. The fourth-order valence-electron chi connectivity index (χ4n) is 0.759. The van der Waals surface area contributed by atoms with Crippen LogP contribution in [-0.2, 0) is 9.53 Å². The lowest BCUT2D eigenvalue weighted by molar-refractivity contribution is -0.142. The lowest BCUT2D eigenvalue weighted by Crippen LogP contribution is -2.03. The van der Waals surface area contributed by atoms with Crippen molar-refractivity contribution in [2.24, 2.45) is 0 Å². The van der Waals surface area contributed by atoms with E-state index in [9.17, 15) is 4.79 Å². The largest absolute Gasteiger partial charge is 0.466 e. The molecule has 0 bridgehead atoms. The molecule has 0 unspecified atom stereocenters. The van der Waals surface area contributed by atoms with Crippen molar-refractivity contribution in [2.45, 2.75) is 27.2 Å². The van der Waals surface area contributed by atoms with Crippen LogP contribution in [0.5, 0.6) is 0 Å². The molecule has 0 amide bonds. The van der Waals surface area contributed by atoms with Crippen molar-refractivity contribution in [2.75, 3.05) is 6.61 Å². The van der Waals surface area contributed by atoms with E-state index >= 15 is 0 Å². The molecular weight excluding hydrogens is 152 g/mol. The van der Waals surface area contributed by atoms with E-state index in [1.807, 2.05) is 39.0 Å². The summed E-state index contributed by atoms with van der Waals surface area (Å²) in [5.74, 6) is -0.157. The Labute approximate surface area is 73.9 Å². The van der Waals surface area contributed by atoms with Crippen molar-refractivity contribution in [3.63, 3.8) is 0 Å². The fraction of sp³-hybridized carbons (Fsp3) is 0.500. The van der Waals surface area contributed by atoms with Crippen molar-refractivity contribution in [3.05, 3.63) is 23.8 Å². The number of ether oxygens (including phenoxy) is 1. The van der Waals surface area contributed by atoms with Gasteiger partial charge in [0.05, 0.1) is 13.0 Å². The molecule has 68 valence electrons. The van der Waals surface area contributed by atoms with Crippen LogP contribution < -0.4 is 0 Å². The maximum Gasteiger partial charge on any atom is 0.309 e. The van der Waals surface area contributed by atoms with Crippen molar-refractivity contribution >= 4 is 5.97 Å². The van der Waals surface area contributed by atoms with Gasteiger partial charge in [0.15, 0.2) is 0 Å². The molecule has 0 aliphatic rings. The minimum Gasteiger partial charge on any atom is -0.466 e. The molecule has 0 aliphatic carbocycles. The van der Waals surface area contributed by atoms with Gasteiger partial charge in [-0.15, -0.1) is 0 Å². The Morgan fingerprint density at radius 3 is 2.67 bits per heavy atom. The summed E-state index contributed by atoms with van der Waals surface area (Å²) in [4.78, 5) is 10.9. The maximum absolute atomic E-state index is 10.9. The van der Waals surface area contributed by atoms with Crippen LogP contribution >= 0.6 is 0 Å². The van der Waals surface area contributed by atoms with E-state index in [4.69, 9.17) is 4.74 Å². The second-order valence-electron chi connectivity index (χ2n) is 2.52. The van der Waals surface area contributed by atoms with Crippen molar-refractivity contribution in [3.8, 4) is 0 Å². The maximum atomic E-state index is 10.9. The molecule has 0 spiro atoms. The van der Waals surface area contributed by atoms with Crippen molar-refractivity contribution in [1.82, 2.24) is 0 Å². The van der Waals surface area contributed by atoms with Gasteiger partial charge in [-0.3, -0.25) is 4.79 Å². The summed E-state index contributed by atoms with van der Waals surface area (Å²) >= 11 is 0. The van der Waals surface area contributed by atoms with Crippen LogP contribution in [0.25, 0.3) is 0 Å². The molecule has 0 N–H and O–H groups in total. The van der Waals surface area contributed by atoms with Crippen molar-refractivity contribution < 1.29 is 9.53 Å². The van der Waals surface area contributed by atoms with E-state index in [0.29, 0.717) is 13.0 Å². The van der Waals surface area contributed by atoms with E-state index in [0.717, 1.165) is 5.57 Å². The zero-order valence-corrected chi connectivity index (χ0v) is 7.96. The molecule has 0 saturated heterocycles. The summed E-state index contributed by atoms with van der Waals surface area (Å²) in [7, 11) is 0. The number of rotatable bonds is 4. The van der Waals surface area contributed by atoms with Gasteiger partial charge in [0.25, 0.3) is 0 Å². The van der Waals surface area contributed by atoms with Gasteiger partial charge in [0, 0.05) is 0 Å². The molecule has 0 aromatic rings. The molecule has 0 aromatic heterocycles. The first-order chi connectivity index (χ1) is 5.70. The molecule has 0 heterocycles. The topological polar surface area (TPSA) is 26.3 Å². The average molecular weight is 168 g/mol. The summed E-state index contributed by atoms with van der Waals surface area (Å²) in [6.07, 6.45) is 6.14. The quantitative estimate of drug-likeness (QED) is 0.476. The number of allylic oxidation sites excluding steroid dienone is 3. The number of carbonyl (C=O) groups excluding carboxylic acids is 1. The minimum absolute atomic E-state index is 0.157. The first-order valence-corrected chi connectivity index (χ1v) is 4.14. The third-order valence-corrected chi connectivity index (χ3v) is 1.30. The van der Waals surface area contributed by atoms with E-state index in [-0.39, 0.29) is 5.97 Å². The number of hydrogen-bond acceptors (Lipinski definition) is 2. The van der Waals surface area contributed by atoms with Gasteiger partial charge < -0.3 is 4.74 Å². The summed E-state index contributed by atoms with van der Waals surface area (Å²) in [5.41, 5.74) is 1.02. The van der Waals surface area contributed by atoms with Crippen LogP contribution in [0.4, 0.5) is 0 Å². The predicted molar refractivity (Wildman–Crippen MR) is 49.8 cm³/mol. The Kier molecular flexibility index (Phi) is 6.07. The third-order valence-electron chi connectivity index (χ3n) is 1.30. The lowest BCUT2D eigenvalue weighted by Gasteiger charge is -2.00. The van der Waals surface area contributed by atoms with Crippen LogP contribution in [-0.4, -0.2) is 12.6 Å². The van der Waals surface area contributed by atoms with Gasteiger partial charge in [-0.25, -0.2) is 0 Å². The second-order valence-corrected chi connectivity index (χ2v) is 2.52. The van der Waals surface area contributed by atoms with Gasteiger partial charge in [0.1, 0.15) is 0 Å².